The van der Waals surface area contributed by atoms with E-state index in [9.17, 15) is 4.79 Å². The van der Waals surface area contributed by atoms with Gasteiger partial charge in [0.05, 0.1) is 7.11 Å². The van der Waals surface area contributed by atoms with Gasteiger partial charge in [-0.1, -0.05) is 23.5 Å². The molecular weight excluding hydrogens is 276 g/mol. The molecule has 0 bridgehead atoms. The zero-order valence-electron chi connectivity index (χ0n) is 11.3. The number of amides is 1. The largest absolute Gasteiger partial charge is 0.497 e. The van der Waals surface area contributed by atoms with E-state index in [1.165, 1.54) is 11.3 Å². The number of benzene rings is 1. The van der Waals surface area contributed by atoms with Crippen LogP contribution < -0.4 is 15.4 Å². The van der Waals surface area contributed by atoms with E-state index in [2.05, 4.69) is 20.8 Å². The smallest absolute Gasteiger partial charge is 0.282 e. The van der Waals surface area contributed by atoms with Crippen LogP contribution in [0.4, 0.5) is 5.13 Å². The lowest BCUT2D eigenvalue weighted by molar-refractivity contribution is 0.0950. The van der Waals surface area contributed by atoms with Crippen molar-refractivity contribution in [3.8, 4) is 5.75 Å². The van der Waals surface area contributed by atoms with Gasteiger partial charge in [0.15, 0.2) is 0 Å². The van der Waals surface area contributed by atoms with Crippen LogP contribution in [-0.4, -0.2) is 29.8 Å². The van der Waals surface area contributed by atoms with E-state index in [0.29, 0.717) is 16.7 Å². The van der Waals surface area contributed by atoms with Gasteiger partial charge < -0.3 is 15.4 Å². The van der Waals surface area contributed by atoms with Crippen molar-refractivity contribution in [3.05, 3.63) is 34.8 Å². The first kappa shape index (κ1) is 14.3. The molecule has 0 aliphatic carbocycles. The molecule has 0 saturated heterocycles. The van der Waals surface area contributed by atoms with Crippen LogP contribution in [0, 0.1) is 0 Å². The maximum atomic E-state index is 11.9. The zero-order valence-corrected chi connectivity index (χ0v) is 12.2. The SMILES string of the molecule is CCNc1nnc(C(=O)NCc2cccc(OC)c2)s1. The van der Waals surface area contributed by atoms with Crippen LogP contribution in [0.1, 0.15) is 22.3 Å². The lowest BCUT2D eigenvalue weighted by Crippen LogP contribution is -2.22. The van der Waals surface area contributed by atoms with Gasteiger partial charge in [-0.3, -0.25) is 4.79 Å². The second-order valence-corrected chi connectivity index (χ2v) is 4.95. The maximum absolute atomic E-state index is 11.9. The molecule has 7 heteroatoms. The predicted octanol–water partition coefficient (Wildman–Crippen LogP) is 1.91. The Hall–Kier alpha value is -2.15. The summed E-state index contributed by atoms with van der Waals surface area (Å²) in [6.45, 7) is 3.14. The Bertz CT molecular complexity index is 585. The number of hydrogen-bond acceptors (Lipinski definition) is 6. The van der Waals surface area contributed by atoms with E-state index >= 15 is 0 Å². The third kappa shape index (κ3) is 3.67. The fourth-order valence-corrected chi connectivity index (χ4v) is 2.31. The van der Waals surface area contributed by atoms with E-state index in [1.807, 2.05) is 31.2 Å². The van der Waals surface area contributed by atoms with Crippen molar-refractivity contribution in [2.24, 2.45) is 0 Å². The highest BCUT2D eigenvalue weighted by atomic mass is 32.1. The summed E-state index contributed by atoms with van der Waals surface area (Å²) < 4.78 is 5.14. The number of rotatable bonds is 6. The van der Waals surface area contributed by atoms with Crippen molar-refractivity contribution in [2.45, 2.75) is 13.5 Å². The molecular formula is C13H16N4O2S. The molecule has 0 radical (unpaired) electrons. The highest BCUT2D eigenvalue weighted by Gasteiger charge is 2.12. The summed E-state index contributed by atoms with van der Waals surface area (Å²) in [5.74, 6) is 0.538. The summed E-state index contributed by atoms with van der Waals surface area (Å²) in [6.07, 6.45) is 0. The molecule has 0 aliphatic heterocycles. The number of carbonyl (C=O) groups is 1. The number of nitrogens with zero attached hydrogens (tertiary/aromatic N) is 2. The summed E-state index contributed by atoms with van der Waals surface area (Å²) in [6, 6.07) is 7.55. The molecule has 20 heavy (non-hydrogen) atoms. The van der Waals surface area contributed by atoms with Crippen molar-refractivity contribution in [1.29, 1.82) is 0 Å². The average molecular weight is 292 g/mol. The Morgan fingerprint density at radius 1 is 1.40 bits per heavy atom. The van der Waals surface area contributed by atoms with Crippen LogP contribution in [0.3, 0.4) is 0 Å². The van der Waals surface area contributed by atoms with E-state index in [1.54, 1.807) is 7.11 Å². The lowest BCUT2D eigenvalue weighted by Gasteiger charge is -2.05. The number of hydrogen-bond donors (Lipinski definition) is 2. The number of methoxy groups -OCH3 is 1. The fraction of sp³-hybridized carbons (Fsp3) is 0.308. The minimum absolute atomic E-state index is 0.227. The van der Waals surface area contributed by atoms with Crippen LogP contribution >= 0.6 is 11.3 Å². The maximum Gasteiger partial charge on any atom is 0.282 e. The van der Waals surface area contributed by atoms with Gasteiger partial charge in [-0.15, -0.1) is 10.2 Å². The molecule has 2 rings (SSSR count). The third-order valence-corrected chi connectivity index (χ3v) is 3.41. The van der Waals surface area contributed by atoms with Crippen LogP contribution in [0.25, 0.3) is 0 Å². The average Bonchev–Trinajstić information content (AvgIpc) is 2.94. The Labute approximate surface area is 121 Å². The van der Waals surface area contributed by atoms with Crippen LogP contribution in [0.2, 0.25) is 0 Å². The summed E-state index contributed by atoms with van der Waals surface area (Å²) >= 11 is 1.24. The molecule has 106 valence electrons. The van der Waals surface area contributed by atoms with Crippen LogP contribution in [0.15, 0.2) is 24.3 Å². The first-order chi connectivity index (χ1) is 9.72. The molecule has 0 fully saturated rings. The molecule has 1 aromatic carbocycles. The second-order valence-electron chi connectivity index (χ2n) is 3.98. The summed E-state index contributed by atoms with van der Waals surface area (Å²) in [5.41, 5.74) is 0.967. The van der Waals surface area contributed by atoms with E-state index in [0.717, 1.165) is 17.9 Å². The Morgan fingerprint density at radius 3 is 3.00 bits per heavy atom. The predicted molar refractivity (Wildman–Crippen MR) is 78.2 cm³/mol. The Kier molecular flexibility index (Phi) is 4.89. The van der Waals surface area contributed by atoms with Gasteiger partial charge in [0, 0.05) is 13.1 Å². The molecule has 0 unspecified atom stereocenters. The second kappa shape index (κ2) is 6.85. The van der Waals surface area contributed by atoms with E-state index in [-0.39, 0.29) is 5.91 Å². The molecule has 0 saturated carbocycles. The first-order valence-electron chi connectivity index (χ1n) is 6.21. The molecule has 0 atom stereocenters. The van der Waals surface area contributed by atoms with Crippen molar-refractivity contribution < 1.29 is 9.53 Å². The minimum Gasteiger partial charge on any atom is -0.497 e. The molecule has 1 amide bonds. The highest BCUT2D eigenvalue weighted by Crippen LogP contribution is 2.15. The molecule has 2 N–H and O–H groups in total. The van der Waals surface area contributed by atoms with Crippen LogP contribution in [0.5, 0.6) is 5.75 Å². The van der Waals surface area contributed by atoms with Crippen molar-refractivity contribution in [3.63, 3.8) is 0 Å². The van der Waals surface area contributed by atoms with Gasteiger partial charge in [-0.05, 0) is 24.6 Å². The molecule has 0 aliphatic rings. The number of ether oxygens (including phenoxy) is 1. The van der Waals surface area contributed by atoms with E-state index in [4.69, 9.17) is 4.74 Å². The molecule has 0 spiro atoms. The molecule has 6 nitrogen and oxygen atoms in total. The summed E-state index contributed by atoms with van der Waals surface area (Å²) in [5, 5.41) is 14.6. The highest BCUT2D eigenvalue weighted by molar-refractivity contribution is 7.17. The third-order valence-electron chi connectivity index (χ3n) is 2.53. The van der Waals surface area contributed by atoms with Crippen LogP contribution in [-0.2, 0) is 6.54 Å². The van der Waals surface area contributed by atoms with Gasteiger partial charge >= 0.3 is 0 Å². The van der Waals surface area contributed by atoms with Gasteiger partial charge in [0.25, 0.3) is 5.91 Å². The molecule has 1 aromatic heterocycles. The molecule has 1 heterocycles. The van der Waals surface area contributed by atoms with Crippen molar-refractivity contribution in [1.82, 2.24) is 15.5 Å². The number of nitrogens with one attached hydrogen (secondary N) is 2. The summed E-state index contributed by atoms with van der Waals surface area (Å²) in [7, 11) is 1.61. The number of carbonyl (C=O) groups excluding carboxylic acids is 1. The lowest BCUT2D eigenvalue weighted by atomic mass is 10.2. The van der Waals surface area contributed by atoms with Crippen molar-refractivity contribution >= 4 is 22.4 Å². The standard InChI is InChI=1S/C13H16N4O2S/c1-3-14-13-17-16-12(20-13)11(18)15-8-9-5-4-6-10(7-9)19-2/h4-7H,3,8H2,1-2H3,(H,14,17)(H,15,18). The Balaban J connectivity index is 1.93. The van der Waals surface area contributed by atoms with Gasteiger partial charge in [0.2, 0.25) is 10.1 Å². The quantitative estimate of drug-likeness (QED) is 0.850. The molecule has 2 aromatic rings. The number of anilines is 1. The number of aromatic nitrogens is 2. The zero-order chi connectivity index (χ0) is 14.4. The van der Waals surface area contributed by atoms with Gasteiger partial charge in [-0.25, -0.2) is 0 Å². The Morgan fingerprint density at radius 2 is 2.25 bits per heavy atom. The first-order valence-corrected chi connectivity index (χ1v) is 7.03. The van der Waals surface area contributed by atoms with E-state index < -0.39 is 0 Å². The normalized spacial score (nSPS) is 10.1. The fourth-order valence-electron chi connectivity index (χ4n) is 1.58. The van der Waals surface area contributed by atoms with Gasteiger partial charge in [-0.2, -0.15) is 0 Å². The topological polar surface area (TPSA) is 76.1 Å². The summed E-state index contributed by atoms with van der Waals surface area (Å²) in [4.78, 5) is 11.9. The minimum atomic E-state index is -0.227. The van der Waals surface area contributed by atoms with Gasteiger partial charge in [0.1, 0.15) is 5.75 Å². The monoisotopic (exact) mass is 292 g/mol. The van der Waals surface area contributed by atoms with Crippen molar-refractivity contribution in [2.75, 3.05) is 19.0 Å².